The molecule has 0 aliphatic rings. The van der Waals surface area contributed by atoms with E-state index in [1.54, 1.807) is 6.07 Å². The number of benzene rings is 3. The molecule has 4 N–H and O–H groups in total. The SMILES string of the molecule is O=C(NNC(=S)Nc1ccc(F)cc1)c1cc2ccccc2cc1O. The van der Waals surface area contributed by atoms with Gasteiger partial charge < -0.3 is 10.4 Å². The highest BCUT2D eigenvalue weighted by Crippen LogP contribution is 2.24. The number of halogens is 1. The number of rotatable bonds is 2. The third-order valence-electron chi connectivity index (χ3n) is 3.50. The summed E-state index contributed by atoms with van der Waals surface area (Å²) in [6.07, 6.45) is 0. The molecule has 0 bridgehead atoms. The zero-order valence-corrected chi connectivity index (χ0v) is 13.7. The molecule has 0 saturated heterocycles. The van der Waals surface area contributed by atoms with E-state index in [1.165, 1.54) is 30.3 Å². The molecule has 3 aromatic carbocycles. The Labute approximate surface area is 148 Å². The van der Waals surface area contributed by atoms with Crippen LogP contribution in [0.1, 0.15) is 10.4 Å². The summed E-state index contributed by atoms with van der Waals surface area (Å²) in [6, 6.07) is 16.1. The zero-order chi connectivity index (χ0) is 17.8. The smallest absolute Gasteiger partial charge is 0.273 e. The Bertz CT molecular complexity index is 945. The Hall–Kier alpha value is -3.19. The number of thiocarbonyl (C=S) groups is 1. The number of amides is 1. The van der Waals surface area contributed by atoms with Crippen molar-refractivity contribution in [3.8, 4) is 5.75 Å². The number of phenolic OH excluding ortho intramolecular Hbond substituents is 1. The van der Waals surface area contributed by atoms with E-state index in [1.807, 2.05) is 24.3 Å². The second kappa shape index (κ2) is 7.14. The fraction of sp³-hybridized carbons (Fsp3) is 0. The number of hydrazine groups is 1. The maximum absolute atomic E-state index is 12.9. The van der Waals surface area contributed by atoms with E-state index < -0.39 is 5.91 Å². The molecule has 0 unspecified atom stereocenters. The van der Waals surface area contributed by atoms with E-state index in [-0.39, 0.29) is 22.2 Å². The minimum Gasteiger partial charge on any atom is -0.507 e. The maximum Gasteiger partial charge on any atom is 0.273 e. The highest BCUT2D eigenvalue weighted by Gasteiger charge is 2.12. The summed E-state index contributed by atoms with van der Waals surface area (Å²) in [5, 5.41) is 14.6. The summed E-state index contributed by atoms with van der Waals surface area (Å²) < 4.78 is 12.9. The van der Waals surface area contributed by atoms with Crippen LogP contribution in [0.15, 0.2) is 60.7 Å². The quantitative estimate of drug-likeness (QED) is 0.419. The van der Waals surface area contributed by atoms with Crippen molar-refractivity contribution in [2.75, 3.05) is 5.32 Å². The minimum absolute atomic E-state index is 0.121. The Balaban J connectivity index is 1.65. The van der Waals surface area contributed by atoms with E-state index in [0.29, 0.717) is 5.69 Å². The van der Waals surface area contributed by atoms with Gasteiger partial charge in [0.05, 0.1) is 5.56 Å². The van der Waals surface area contributed by atoms with Gasteiger partial charge in [-0.15, -0.1) is 0 Å². The Morgan fingerprint density at radius 3 is 2.28 bits per heavy atom. The number of carbonyl (C=O) groups is 1. The molecule has 5 nitrogen and oxygen atoms in total. The largest absolute Gasteiger partial charge is 0.507 e. The highest BCUT2D eigenvalue weighted by molar-refractivity contribution is 7.80. The zero-order valence-electron chi connectivity index (χ0n) is 12.9. The van der Waals surface area contributed by atoms with Crippen molar-refractivity contribution >= 4 is 39.7 Å². The van der Waals surface area contributed by atoms with Crippen LogP contribution in [-0.2, 0) is 0 Å². The van der Waals surface area contributed by atoms with E-state index in [9.17, 15) is 14.3 Å². The molecule has 0 spiro atoms. The fourth-order valence-corrected chi connectivity index (χ4v) is 2.46. The molecule has 3 rings (SSSR count). The molecule has 126 valence electrons. The standard InChI is InChI=1S/C18H14FN3O2S/c19-13-5-7-14(8-6-13)20-18(25)22-21-17(24)15-9-11-3-1-2-4-12(11)10-16(15)23/h1-10,23H,(H,21,24)(H2,20,22,25). The summed E-state index contributed by atoms with van der Waals surface area (Å²) >= 11 is 5.05. The van der Waals surface area contributed by atoms with Crippen LogP contribution < -0.4 is 16.2 Å². The van der Waals surface area contributed by atoms with E-state index in [4.69, 9.17) is 12.2 Å². The van der Waals surface area contributed by atoms with Crippen molar-refractivity contribution in [2.45, 2.75) is 0 Å². The van der Waals surface area contributed by atoms with Gasteiger partial charge in [0.25, 0.3) is 5.91 Å². The maximum atomic E-state index is 12.9. The molecule has 0 atom stereocenters. The first kappa shape index (κ1) is 16.7. The number of phenols is 1. The summed E-state index contributed by atoms with van der Waals surface area (Å²) in [5.74, 6) is -1.02. The lowest BCUT2D eigenvalue weighted by Gasteiger charge is -2.12. The predicted octanol–water partition coefficient (Wildman–Crippen LogP) is 3.32. The highest BCUT2D eigenvalue weighted by atomic mass is 32.1. The van der Waals surface area contributed by atoms with Crippen LogP contribution in [0.25, 0.3) is 10.8 Å². The molecular weight excluding hydrogens is 341 g/mol. The molecular formula is C18H14FN3O2S. The van der Waals surface area contributed by atoms with Crippen LogP contribution in [0.3, 0.4) is 0 Å². The molecule has 0 aromatic heterocycles. The van der Waals surface area contributed by atoms with E-state index in [0.717, 1.165) is 10.8 Å². The minimum atomic E-state index is -0.536. The summed E-state index contributed by atoms with van der Waals surface area (Å²) in [4.78, 5) is 12.2. The van der Waals surface area contributed by atoms with Gasteiger partial charge in [0.1, 0.15) is 11.6 Å². The van der Waals surface area contributed by atoms with Gasteiger partial charge in [-0.2, -0.15) is 0 Å². The van der Waals surface area contributed by atoms with Crippen molar-refractivity contribution in [3.63, 3.8) is 0 Å². The van der Waals surface area contributed by atoms with Crippen molar-refractivity contribution in [2.24, 2.45) is 0 Å². The van der Waals surface area contributed by atoms with Crippen LogP contribution in [0.4, 0.5) is 10.1 Å². The second-order valence-electron chi connectivity index (χ2n) is 5.26. The summed E-state index contributed by atoms with van der Waals surface area (Å²) in [5.41, 5.74) is 5.64. The average molecular weight is 355 g/mol. The Kier molecular flexibility index (Phi) is 4.76. The normalized spacial score (nSPS) is 10.3. The van der Waals surface area contributed by atoms with E-state index in [2.05, 4.69) is 16.2 Å². The van der Waals surface area contributed by atoms with Crippen molar-refractivity contribution in [1.82, 2.24) is 10.9 Å². The molecule has 3 aromatic rings. The van der Waals surface area contributed by atoms with Crippen LogP contribution >= 0.6 is 12.2 Å². The van der Waals surface area contributed by atoms with Crippen molar-refractivity contribution in [1.29, 1.82) is 0 Å². The monoisotopic (exact) mass is 355 g/mol. The summed E-state index contributed by atoms with van der Waals surface area (Å²) in [7, 11) is 0. The lowest BCUT2D eigenvalue weighted by atomic mass is 10.1. The molecule has 1 amide bonds. The lowest BCUT2D eigenvalue weighted by Crippen LogP contribution is -2.43. The molecule has 7 heteroatoms. The first-order valence-corrected chi connectivity index (χ1v) is 7.78. The van der Waals surface area contributed by atoms with Crippen LogP contribution in [0.5, 0.6) is 5.75 Å². The molecule has 0 aliphatic carbocycles. The topological polar surface area (TPSA) is 73.4 Å². The van der Waals surface area contributed by atoms with Gasteiger partial charge in [0.2, 0.25) is 0 Å². The number of anilines is 1. The molecule has 25 heavy (non-hydrogen) atoms. The Morgan fingerprint density at radius 2 is 1.60 bits per heavy atom. The molecule has 0 heterocycles. The third kappa shape index (κ3) is 4.02. The molecule has 0 radical (unpaired) electrons. The van der Waals surface area contributed by atoms with Crippen LogP contribution in [0.2, 0.25) is 0 Å². The van der Waals surface area contributed by atoms with Gasteiger partial charge >= 0.3 is 0 Å². The average Bonchev–Trinajstić information content (AvgIpc) is 2.61. The van der Waals surface area contributed by atoms with Crippen LogP contribution in [0, 0.1) is 5.82 Å². The van der Waals surface area contributed by atoms with Gasteiger partial charge in [-0.05, 0) is 59.4 Å². The second-order valence-corrected chi connectivity index (χ2v) is 5.66. The lowest BCUT2D eigenvalue weighted by molar-refractivity contribution is 0.0941. The van der Waals surface area contributed by atoms with Crippen molar-refractivity contribution < 1.29 is 14.3 Å². The molecule has 0 fully saturated rings. The number of hydrogen-bond donors (Lipinski definition) is 4. The summed E-state index contributed by atoms with van der Waals surface area (Å²) in [6.45, 7) is 0. The van der Waals surface area contributed by atoms with Crippen LogP contribution in [-0.4, -0.2) is 16.1 Å². The molecule has 0 saturated carbocycles. The fourth-order valence-electron chi connectivity index (χ4n) is 2.29. The van der Waals surface area contributed by atoms with Gasteiger partial charge in [0, 0.05) is 5.69 Å². The van der Waals surface area contributed by atoms with Gasteiger partial charge in [-0.3, -0.25) is 15.6 Å². The number of nitrogens with one attached hydrogen (secondary N) is 3. The van der Waals surface area contributed by atoms with Crippen molar-refractivity contribution in [3.05, 3.63) is 72.0 Å². The third-order valence-corrected chi connectivity index (χ3v) is 3.70. The number of fused-ring (bicyclic) bond motifs is 1. The first-order valence-electron chi connectivity index (χ1n) is 7.37. The number of carbonyl (C=O) groups excluding carboxylic acids is 1. The van der Waals surface area contributed by atoms with Gasteiger partial charge in [-0.25, -0.2) is 4.39 Å². The molecule has 0 aliphatic heterocycles. The number of aromatic hydroxyl groups is 1. The first-order chi connectivity index (χ1) is 12.0. The predicted molar refractivity (Wildman–Crippen MR) is 98.8 cm³/mol. The Morgan fingerprint density at radius 1 is 0.960 bits per heavy atom. The number of hydrogen-bond acceptors (Lipinski definition) is 3. The van der Waals surface area contributed by atoms with Gasteiger partial charge in [0.15, 0.2) is 5.11 Å². The van der Waals surface area contributed by atoms with Gasteiger partial charge in [-0.1, -0.05) is 24.3 Å². The van der Waals surface area contributed by atoms with E-state index >= 15 is 0 Å².